The number of aliphatic imine (C=N–C) groups is 1. The van der Waals surface area contributed by atoms with Gasteiger partial charge in [-0.3, -0.25) is 9.69 Å². The Kier molecular flexibility index (Phi) is 7.19. The van der Waals surface area contributed by atoms with Gasteiger partial charge in [-0.15, -0.1) is 0 Å². The second-order valence-electron chi connectivity index (χ2n) is 8.76. The molecule has 1 atom stereocenters. The zero-order valence-corrected chi connectivity index (χ0v) is 22.2. The minimum Gasteiger partial charge on any atom is -0.483 e. The Hall–Kier alpha value is -4.46. The molecule has 0 saturated heterocycles. The molecule has 200 valence electrons. The number of nitriles is 1. The predicted octanol–water partition coefficient (Wildman–Crippen LogP) is 4.36. The minimum atomic E-state index is -1.61. The van der Waals surface area contributed by atoms with Crippen molar-refractivity contribution < 1.29 is 23.7 Å². The summed E-state index contributed by atoms with van der Waals surface area (Å²) in [6.07, 6.45) is 0.215. The van der Waals surface area contributed by atoms with E-state index in [4.69, 9.17) is 24.0 Å². The van der Waals surface area contributed by atoms with Gasteiger partial charge in [0.15, 0.2) is 6.40 Å². The van der Waals surface area contributed by atoms with Gasteiger partial charge in [0.25, 0.3) is 5.91 Å². The van der Waals surface area contributed by atoms with Crippen LogP contribution in [0, 0.1) is 18.3 Å². The third kappa shape index (κ3) is 3.98. The fourth-order valence-corrected chi connectivity index (χ4v) is 5.17. The molecule has 10 nitrogen and oxygen atoms in total. The molecule has 10 heteroatoms. The summed E-state index contributed by atoms with van der Waals surface area (Å²) >= 11 is 0. The van der Waals surface area contributed by atoms with E-state index in [2.05, 4.69) is 11.1 Å². The van der Waals surface area contributed by atoms with Gasteiger partial charge in [0.2, 0.25) is 18.2 Å². The Bertz CT molecular complexity index is 1480. The Morgan fingerprint density at radius 2 is 1.77 bits per heavy atom. The van der Waals surface area contributed by atoms with Crippen LogP contribution in [-0.2, 0) is 24.4 Å². The van der Waals surface area contributed by atoms with E-state index in [-0.39, 0.29) is 17.3 Å². The lowest BCUT2D eigenvalue weighted by molar-refractivity contribution is -0.150. The molecule has 1 amide bonds. The Morgan fingerprint density at radius 3 is 2.44 bits per heavy atom. The number of amides is 1. The van der Waals surface area contributed by atoms with Crippen LogP contribution in [0.5, 0.6) is 5.88 Å². The first kappa shape index (κ1) is 26.2. The highest BCUT2D eigenvalue weighted by molar-refractivity contribution is 6.14. The van der Waals surface area contributed by atoms with Crippen molar-refractivity contribution >= 4 is 18.0 Å². The van der Waals surface area contributed by atoms with Gasteiger partial charge >= 0.3 is 0 Å². The van der Waals surface area contributed by atoms with Crippen LogP contribution in [0.2, 0.25) is 0 Å². The number of nitrogens with zero attached hydrogens (tertiary/aromatic N) is 5. The number of aromatic nitrogens is 2. The number of benzene rings is 2. The standard InChI is InChI=1S/C29H29N5O5/c1-5-36-18-31-25-22(17-30)29(24-19(4)32-34(26(24)39-25)20-13-9-8-10-14-20)21-15-11-12-16-23(21)33(27(29)35)28(37-6-2)38-7-3/h8-16,18,28H,5-7H2,1-4H3/b31-18+. The summed E-state index contributed by atoms with van der Waals surface area (Å²) in [5.74, 6) is -0.183. The first-order valence-corrected chi connectivity index (χ1v) is 12.8. The zero-order valence-electron chi connectivity index (χ0n) is 22.2. The molecular weight excluding hydrogens is 498 g/mol. The number of aryl methyl sites for hydroxylation is 1. The van der Waals surface area contributed by atoms with Crippen molar-refractivity contribution in [1.82, 2.24) is 9.78 Å². The number of ether oxygens (including phenoxy) is 4. The lowest BCUT2D eigenvalue weighted by Crippen LogP contribution is -2.50. The lowest BCUT2D eigenvalue weighted by atomic mass is 9.69. The van der Waals surface area contributed by atoms with Gasteiger partial charge in [-0.2, -0.15) is 15.4 Å². The van der Waals surface area contributed by atoms with Crippen molar-refractivity contribution in [1.29, 1.82) is 5.26 Å². The minimum absolute atomic E-state index is 0.0216. The van der Waals surface area contributed by atoms with Crippen LogP contribution in [0.25, 0.3) is 5.69 Å². The lowest BCUT2D eigenvalue weighted by Gasteiger charge is -2.34. The molecule has 2 aromatic carbocycles. The quantitative estimate of drug-likeness (QED) is 0.231. The highest BCUT2D eigenvalue weighted by atomic mass is 16.7. The predicted molar refractivity (Wildman–Crippen MR) is 143 cm³/mol. The van der Waals surface area contributed by atoms with Gasteiger partial charge in [-0.25, -0.2) is 4.68 Å². The highest BCUT2D eigenvalue weighted by Crippen LogP contribution is 2.57. The first-order chi connectivity index (χ1) is 19.0. The van der Waals surface area contributed by atoms with Gasteiger partial charge < -0.3 is 18.9 Å². The van der Waals surface area contributed by atoms with Gasteiger partial charge in [0.1, 0.15) is 17.1 Å². The average molecular weight is 528 g/mol. The molecule has 0 N–H and O–H groups in total. The number of carbonyl (C=O) groups is 1. The molecule has 0 saturated carbocycles. The van der Waals surface area contributed by atoms with Gasteiger partial charge in [0.05, 0.1) is 29.2 Å². The van der Waals surface area contributed by atoms with Crippen LogP contribution in [0.15, 0.2) is 71.0 Å². The molecule has 1 unspecified atom stereocenters. The maximum Gasteiger partial charge on any atom is 0.251 e. The molecule has 3 heterocycles. The third-order valence-electron chi connectivity index (χ3n) is 6.64. The van der Waals surface area contributed by atoms with E-state index in [1.54, 1.807) is 11.6 Å². The molecule has 1 spiro atoms. The van der Waals surface area contributed by atoms with Gasteiger partial charge in [-0.1, -0.05) is 36.4 Å². The molecule has 3 aromatic rings. The van der Waals surface area contributed by atoms with E-state index in [0.717, 1.165) is 5.69 Å². The maximum absolute atomic E-state index is 14.8. The summed E-state index contributed by atoms with van der Waals surface area (Å²) < 4.78 is 25.0. The van der Waals surface area contributed by atoms with Crippen molar-refractivity contribution in [2.45, 2.75) is 39.5 Å². The Morgan fingerprint density at radius 1 is 1.08 bits per heavy atom. The summed E-state index contributed by atoms with van der Waals surface area (Å²) in [5, 5.41) is 15.4. The van der Waals surface area contributed by atoms with E-state index >= 15 is 0 Å². The van der Waals surface area contributed by atoms with Crippen molar-refractivity contribution in [3.8, 4) is 17.6 Å². The molecule has 0 bridgehead atoms. The molecule has 2 aliphatic rings. The van der Waals surface area contributed by atoms with E-state index in [1.807, 2.05) is 75.4 Å². The topological polar surface area (TPSA) is 111 Å². The summed E-state index contributed by atoms with van der Waals surface area (Å²) in [6.45, 7) is 8.27. The number of anilines is 1. The van der Waals surface area contributed by atoms with Crippen LogP contribution in [0.4, 0.5) is 5.69 Å². The van der Waals surface area contributed by atoms with E-state index in [9.17, 15) is 10.1 Å². The van der Waals surface area contributed by atoms with E-state index < -0.39 is 17.7 Å². The molecule has 1 aromatic heterocycles. The molecule has 0 fully saturated rings. The fraction of sp³-hybridized carbons (Fsp3) is 0.310. The normalized spacial score (nSPS) is 18.1. The Labute approximate surface area is 226 Å². The largest absolute Gasteiger partial charge is 0.483 e. The van der Waals surface area contributed by atoms with Gasteiger partial charge in [0, 0.05) is 18.8 Å². The molecule has 39 heavy (non-hydrogen) atoms. The van der Waals surface area contributed by atoms with Crippen LogP contribution in [0.3, 0.4) is 0 Å². The SMILES string of the molecule is CCO/C=N/C1=C(C#N)C2(C(=O)N(C(OCC)OCC)c3ccccc32)c2c(C)nn(-c3ccccc3)c2O1. The van der Waals surface area contributed by atoms with Crippen LogP contribution in [-0.4, -0.2) is 48.3 Å². The molecule has 0 radical (unpaired) electrons. The number of fused-ring (bicyclic) bond motifs is 4. The van der Waals surface area contributed by atoms with Crippen molar-refractivity contribution in [3.05, 3.63) is 82.9 Å². The number of hydrogen-bond donors (Lipinski definition) is 0. The molecule has 5 rings (SSSR count). The first-order valence-electron chi connectivity index (χ1n) is 12.8. The van der Waals surface area contributed by atoms with Crippen molar-refractivity contribution in [3.63, 3.8) is 0 Å². The monoisotopic (exact) mass is 527 g/mol. The fourth-order valence-electron chi connectivity index (χ4n) is 5.17. The summed E-state index contributed by atoms with van der Waals surface area (Å²) in [4.78, 5) is 20.7. The summed E-state index contributed by atoms with van der Waals surface area (Å²) in [6, 6.07) is 19.0. The number of rotatable bonds is 9. The zero-order chi connectivity index (χ0) is 27.6. The number of carbonyl (C=O) groups excluding carboxylic acids is 1. The third-order valence-corrected chi connectivity index (χ3v) is 6.64. The van der Waals surface area contributed by atoms with Crippen molar-refractivity contribution in [2.24, 2.45) is 4.99 Å². The van der Waals surface area contributed by atoms with Crippen LogP contribution in [0.1, 0.15) is 37.6 Å². The van der Waals surface area contributed by atoms with E-state index in [0.29, 0.717) is 42.3 Å². The highest BCUT2D eigenvalue weighted by Gasteiger charge is 2.62. The molecule has 2 aliphatic heterocycles. The molecular formula is C29H29N5O5. The summed E-state index contributed by atoms with van der Waals surface area (Å²) in [7, 11) is 0. The second-order valence-corrected chi connectivity index (χ2v) is 8.76. The number of hydrogen-bond acceptors (Lipinski definition) is 8. The maximum atomic E-state index is 14.8. The van der Waals surface area contributed by atoms with Crippen LogP contribution >= 0.6 is 0 Å². The van der Waals surface area contributed by atoms with Crippen molar-refractivity contribution in [2.75, 3.05) is 24.7 Å². The molecule has 0 aliphatic carbocycles. The smallest absolute Gasteiger partial charge is 0.251 e. The Balaban J connectivity index is 1.86. The summed E-state index contributed by atoms with van der Waals surface area (Å²) in [5.41, 5.74) is 1.28. The number of para-hydroxylation sites is 2. The van der Waals surface area contributed by atoms with Gasteiger partial charge in [-0.05, 0) is 45.9 Å². The average Bonchev–Trinajstić information content (AvgIpc) is 3.41. The second kappa shape index (κ2) is 10.7. The van der Waals surface area contributed by atoms with E-state index in [1.165, 1.54) is 11.3 Å². The van der Waals surface area contributed by atoms with Crippen LogP contribution < -0.4 is 9.64 Å².